The van der Waals surface area contributed by atoms with E-state index in [9.17, 15) is 62.6 Å². The van der Waals surface area contributed by atoms with Crippen molar-refractivity contribution in [3.63, 3.8) is 0 Å². The van der Waals surface area contributed by atoms with Gasteiger partial charge >= 0.3 is 0 Å². The fourth-order valence-corrected chi connectivity index (χ4v) is 13.0. The summed E-state index contributed by atoms with van der Waals surface area (Å²) in [5, 5.41) is 27.1. The summed E-state index contributed by atoms with van der Waals surface area (Å²) in [7, 11) is 6.04. The van der Waals surface area contributed by atoms with E-state index in [0.717, 1.165) is 4.90 Å². The lowest BCUT2D eigenvalue weighted by Crippen LogP contribution is -2.61. The largest absolute Gasteiger partial charge is 0.386 e. The first-order valence-electron chi connectivity index (χ1n) is 35.4. The van der Waals surface area contributed by atoms with Crippen LogP contribution in [0.2, 0.25) is 0 Å². The van der Waals surface area contributed by atoms with Crippen molar-refractivity contribution in [2.75, 3.05) is 107 Å². The lowest BCUT2D eigenvalue weighted by molar-refractivity contribution is -0.148. The van der Waals surface area contributed by atoms with E-state index in [4.69, 9.17) is 18.9 Å². The number of amides is 11. The number of Topliss-reactive ketones (excluding diaryl/α,β-unsaturated/α-hetero) is 1. The number of carbonyl (C=O) groups is 12. The zero-order valence-electron chi connectivity index (χ0n) is 61.1. The van der Waals surface area contributed by atoms with Crippen LogP contribution in [0.25, 0.3) is 0 Å². The summed E-state index contributed by atoms with van der Waals surface area (Å²) in [6.45, 7) is 15.7. The van der Waals surface area contributed by atoms with Gasteiger partial charge in [-0.2, -0.15) is 0 Å². The first kappa shape index (κ1) is 83.6. The zero-order valence-corrected chi connectivity index (χ0v) is 61.1. The molecule has 2 fully saturated rings. The van der Waals surface area contributed by atoms with Crippen molar-refractivity contribution in [2.45, 2.75) is 168 Å². The minimum absolute atomic E-state index is 0.00384. The van der Waals surface area contributed by atoms with Gasteiger partial charge < -0.3 is 70.7 Å². The molecule has 11 atom stereocenters. The summed E-state index contributed by atoms with van der Waals surface area (Å²) in [5.41, 5.74) is 1.34. The van der Waals surface area contributed by atoms with Crippen LogP contribution in [0.1, 0.15) is 124 Å². The molecule has 0 unspecified atom stereocenters. The molecule has 28 nitrogen and oxygen atoms in total. The highest BCUT2D eigenvalue weighted by Gasteiger charge is 2.44. The molecule has 0 aliphatic carbocycles. The molecule has 3 aliphatic rings. The minimum Gasteiger partial charge on any atom is -0.386 e. The van der Waals surface area contributed by atoms with Gasteiger partial charge in [0.1, 0.15) is 23.9 Å². The minimum atomic E-state index is -1.22. The number of aliphatic hydroxyl groups is 1. The topological polar surface area (TPSA) is 350 Å². The number of imide groups is 1. The highest BCUT2D eigenvalue weighted by molar-refractivity contribution is 6.12. The van der Waals surface area contributed by atoms with E-state index in [-0.39, 0.29) is 80.8 Å². The molecule has 0 radical (unpaired) electrons. The van der Waals surface area contributed by atoms with E-state index in [2.05, 4.69) is 31.9 Å². The molecule has 28 heteroatoms. The number of nitrogens with zero attached hydrogens (tertiary/aromatic N) is 5. The number of hydrogen-bond donors (Lipinski definition) is 7. The molecule has 5 rings (SSSR count). The zero-order chi connectivity index (χ0) is 74.5. The second kappa shape index (κ2) is 42.4. The Hall–Kier alpha value is -8.02. The molecule has 2 aromatic rings. The average molecular weight is 1410 g/mol. The van der Waals surface area contributed by atoms with Crippen LogP contribution in [-0.4, -0.2) is 256 Å². The molecular formula is C73H111N11O17. The van der Waals surface area contributed by atoms with Crippen LogP contribution in [0.3, 0.4) is 0 Å². The van der Waals surface area contributed by atoms with Crippen LogP contribution in [0.5, 0.6) is 0 Å². The van der Waals surface area contributed by atoms with Gasteiger partial charge in [-0.3, -0.25) is 67.3 Å². The van der Waals surface area contributed by atoms with Crippen LogP contribution in [0.4, 0.5) is 0 Å². The molecule has 0 bridgehead atoms. The lowest BCUT2D eigenvalue weighted by atomic mass is 9.89. The number of nitrogens with one attached hydrogen (secondary N) is 6. The van der Waals surface area contributed by atoms with Crippen molar-refractivity contribution < 1.29 is 81.6 Å². The Morgan fingerprint density at radius 2 is 1.28 bits per heavy atom. The van der Waals surface area contributed by atoms with Gasteiger partial charge in [-0.15, -0.1) is 0 Å². The van der Waals surface area contributed by atoms with E-state index < -0.39 is 139 Å². The van der Waals surface area contributed by atoms with Gasteiger partial charge in [0.15, 0.2) is 0 Å². The van der Waals surface area contributed by atoms with E-state index in [1.165, 1.54) is 43.2 Å². The van der Waals surface area contributed by atoms with Crippen molar-refractivity contribution in [3.05, 3.63) is 83.9 Å². The third kappa shape index (κ3) is 25.8. The molecule has 0 saturated carbocycles. The van der Waals surface area contributed by atoms with E-state index >= 15 is 0 Å². The van der Waals surface area contributed by atoms with Gasteiger partial charge in [0.25, 0.3) is 11.8 Å². The number of aliphatic hydroxyl groups excluding tert-OH is 1. The Morgan fingerprint density at radius 3 is 1.87 bits per heavy atom. The number of rotatable bonds is 39. The molecule has 2 aromatic carbocycles. The Balaban J connectivity index is 1.10. The molecule has 11 amide bonds. The highest BCUT2D eigenvalue weighted by atomic mass is 16.5. The molecule has 0 spiro atoms. The molecule has 560 valence electrons. The number of methoxy groups -OCH3 is 2. The Kier molecular flexibility index (Phi) is 35.1. The smallest absolute Gasteiger partial charge is 0.253 e. The summed E-state index contributed by atoms with van der Waals surface area (Å²) in [6, 6.07) is 12.7. The van der Waals surface area contributed by atoms with E-state index in [1.54, 1.807) is 96.0 Å². The third-order valence-corrected chi connectivity index (χ3v) is 19.2. The number of carbonyl (C=O) groups excluding carboxylic acids is 12. The average Bonchev–Trinajstić information content (AvgIpc) is 1.78. The van der Waals surface area contributed by atoms with Gasteiger partial charge in [-0.05, 0) is 61.5 Å². The molecule has 3 aliphatic heterocycles. The number of benzene rings is 2. The van der Waals surface area contributed by atoms with Crippen molar-refractivity contribution in [1.82, 2.24) is 56.4 Å². The lowest BCUT2D eigenvalue weighted by Gasteiger charge is -2.41. The second-order valence-corrected chi connectivity index (χ2v) is 27.3. The predicted molar refractivity (Wildman–Crippen MR) is 375 cm³/mol. The number of hydrogen-bond acceptors (Lipinski definition) is 18. The predicted octanol–water partition coefficient (Wildman–Crippen LogP) is 1.86. The maximum absolute atomic E-state index is 14.9. The normalized spacial score (nSPS) is 18.4. The Morgan fingerprint density at radius 1 is 0.663 bits per heavy atom. The molecule has 0 aromatic heterocycles. The van der Waals surface area contributed by atoms with Gasteiger partial charge in [0.2, 0.25) is 53.2 Å². The van der Waals surface area contributed by atoms with Gasteiger partial charge in [-0.1, -0.05) is 116 Å². The number of likely N-dealkylation sites (N-methyl/N-ethyl adjacent to an activating group) is 2. The van der Waals surface area contributed by atoms with Gasteiger partial charge in [0, 0.05) is 92.5 Å². The molecule has 101 heavy (non-hydrogen) atoms. The summed E-state index contributed by atoms with van der Waals surface area (Å²) >= 11 is 0. The summed E-state index contributed by atoms with van der Waals surface area (Å²) < 4.78 is 23.7. The first-order chi connectivity index (χ1) is 48.1. The summed E-state index contributed by atoms with van der Waals surface area (Å²) in [6.07, 6.45) is 3.09. The molecule has 7 N–H and O–H groups in total. The van der Waals surface area contributed by atoms with Crippen LogP contribution < -0.4 is 31.9 Å². The quantitative estimate of drug-likeness (QED) is 0.0371. The number of ketones is 1. The highest BCUT2D eigenvalue weighted by Crippen LogP contribution is 2.31. The number of ether oxygens (including phenoxy) is 4. The summed E-state index contributed by atoms with van der Waals surface area (Å²) in [5.74, 6) is -7.90. The van der Waals surface area contributed by atoms with Crippen LogP contribution in [-0.2, 0) is 82.9 Å². The van der Waals surface area contributed by atoms with Gasteiger partial charge in [0.05, 0.1) is 101 Å². The number of unbranched alkanes of at least 4 members (excludes halogenated alkanes) is 1. The van der Waals surface area contributed by atoms with E-state index in [1.807, 2.05) is 36.9 Å². The molecule has 2 saturated heterocycles. The third-order valence-electron chi connectivity index (χ3n) is 19.2. The van der Waals surface area contributed by atoms with Crippen molar-refractivity contribution in [3.8, 4) is 0 Å². The van der Waals surface area contributed by atoms with E-state index in [0.29, 0.717) is 82.6 Å². The Bertz CT molecular complexity index is 3070. The maximum Gasteiger partial charge on any atom is 0.253 e. The molecule has 3 heterocycles. The molecular weight excluding hydrogens is 1300 g/mol. The Labute approximate surface area is 594 Å². The van der Waals surface area contributed by atoms with Gasteiger partial charge in [-0.25, -0.2) is 0 Å². The van der Waals surface area contributed by atoms with Crippen molar-refractivity contribution >= 4 is 70.8 Å². The monoisotopic (exact) mass is 1410 g/mol. The SMILES string of the molecule is CC[C@H](C)[C@@H]([C@@H](CC(=O)N1CCC[C@@H]1[C@H](OC)[C@@H](C)C(=O)N[C@H](C)[C@@H](O)c1ccccc1)OC)N(C)C(=O)[C@@H](NC(=O)[C@H](C(C)C)N(C)C(=O)CNC(=O)[C@H](Cc1ccccc1)NC(=O)CNC(=O)CNC(=O)CCN1CCOCC(C(=O)CCCCN2C(=O)C=CC2=O)COCC1)C(C)C. The van der Waals surface area contributed by atoms with Crippen LogP contribution in [0, 0.1) is 29.6 Å². The maximum atomic E-state index is 14.9. The first-order valence-corrected chi connectivity index (χ1v) is 35.4. The number of likely N-dealkylation sites (tertiary alicyclic amines) is 1. The standard InChI is InChI=1S/C73H111N11O17/c1-13-48(6)67(57(98-11)40-63(91)83-33-22-27-55(83)69(99-12)49(7)70(94)77-50(8)68(93)52-25-18-15-19-26-52)81(10)73(97)65(46(2)3)79-72(96)66(47(4)5)80(9)64(92)43-76-71(95)54(39-51-23-16-14-17-24-51)78-60(88)42-75-59(87)41-74-58(86)31-34-82-35-37-100-44-53(45-101-38-36-82)56(85)28-20-21-32-84-61(89)29-30-62(84)90/h14-19,23-26,29-30,46-50,53-55,57,65-69,93H,13,20-22,27-28,31-45H2,1-12H3,(H,74,86)(H,75,87)(H,76,95)(H,77,94)(H,78,88)(H,79,96)/t48-,49+,50+,54-,55+,57+,65-,66-,67-,68+,69+/m0/s1. The van der Waals surface area contributed by atoms with Crippen LogP contribution in [0.15, 0.2) is 72.8 Å². The summed E-state index contributed by atoms with van der Waals surface area (Å²) in [4.78, 5) is 169. The van der Waals surface area contributed by atoms with Crippen molar-refractivity contribution in [2.24, 2.45) is 29.6 Å². The fourth-order valence-electron chi connectivity index (χ4n) is 13.0. The van der Waals surface area contributed by atoms with Crippen LogP contribution >= 0.6 is 0 Å². The second-order valence-electron chi connectivity index (χ2n) is 27.3. The van der Waals surface area contributed by atoms with Crippen molar-refractivity contribution in [1.29, 1.82) is 0 Å². The fraction of sp³-hybridized carbons (Fsp3) is 0.644.